The number of aryl methyl sites for hydroxylation is 2. The lowest BCUT2D eigenvalue weighted by atomic mass is 9.85. The van der Waals surface area contributed by atoms with Gasteiger partial charge in [0.1, 0.15) is 37.4 Å². The van der Waals surface area contributed by atoms with E-state index in [-0.39, 0.29) is 83.9 Å². The highest BCUT2D eigenvalue weighted by molar-refractivity contribution is 7.13. The first-order chi connectivity index (χ1) is 39.6. The van der Waals surface area contributed by atoms with Crippen molar-refractivity contribution in [2.45, 2.75) is 143 Å². The fourth-order valence-corrected chi connectivity index (χ4v) is 11.3. The van der Waals surface area contributed by atoms with Crippen LogP contribution in [0.1, 0.15) is 103 Å². The van der Waals surface area contributed by atoms with Gasteiger partial charge in [-0.2, -0.15) is 0 Å². The number of nitrogens with one attached hydrogen (secondary N) is 4. The summed E-state index contributed by atoms with van der Waals surface area (Å²) in [6, 6.07) is 12.0. The highest BCUT2D eigenvalue weighted by atomic mass is 32.1. The molecule has 2 unspecified atom stereocenters. The predicted octanol–water partition coefficient (Wildman–Crippen LogP) is 5.11. The SMILES string of the molecule is Cc1ncsc1-c1ccc(CNC(=O)[C@@H]2C[C@@H](O)CN2C(=O)C(NC(=O)COCCCOCCCCOCCCOCCOCC(=O)NC(C(=O)N2C[C@H](O)C[C@H]2C(=O)NCc2ccc(-c3scnc3C)cc2)C(C)(C)C)C(C)(C)C)cc1. The maximum atomic E-state index is 14.0. The topological polar surface area (TPSA) is 269 Å². The number of hydrogen-bond donors (Lipinski definition) is 6. The molecule has 21 nitrogen and oxygen atoms in total. The number of aliphatic hydroxyl groups is 2. The van der Waals surface area contributed by atoms with Gasteiger partial charge in [-0.1, -0.05) is 90.1 Å². The normalized spacial score (nSPS) is 18.0. The first-order valence-electron chi connectivity index (χ1n) is 28.6. The van der Waals surface area contributed by atoms with Crippen LogP contribution < -0.4 is 21.3 Å². The summed E-state index contributed by atoms with van der Waals surface area (Å²) in [6.45, 7) is 18.1. The molecule has 0 spiro atoms. The standard InChI is InChI=1S/C60H86N8O13S2/c1-39-51(82-37-63-39)43-17-13-41(14-18-43)31-61-55(73)47-29-45(69)33-67(47)57(75)53(59(3,4)5)65-49(71)35-80-26-12-24-78-22-10-9-21-77-23-11-25-79-27-28-81-36-50(72)66-54(60(6,7)8)58(76)68-34-46(70)30-48(68)56(74)62-32-42-15-19-44(20-16-42)52-40(2)64-38-83-52/h13-20,37-38,45-48,53-54,69-70H,9-12,21-36H2,1-8H3,(H,61,73)(H,62,74)(H,65,71)(H,66,72)/t45-,46-,47+,48+,53?,54?/m1/s1. The van der Waals surface area contributed by atoms with Gasteiger partial charge in [0.25, 0.3) is 0 Å². The van der Waals surface area contributed by atoms with E-state index < -0.39 is 70.8 Å². The van der Waals surface area contributed by atoms with Crippen molar-refractivity contribution < 1.29 is 62.7 Å². The van der Waals surface area contributed by atoms with Crippen molar-refractivity contribution in [2.24, 2.45) is 10.8 Å². The molecule has 2 aromatic carbocycles. The summed E-state index contributed by atoms with van der Waals surface area (Å²) in [5, 5.41) is 32.6. The van der Waals surface area contributed by atoms with Crippen LogP contribution in [0.2, 0.25) is 0 Å². The van der Waals surface area contributed by atoms with Gasteiger partial charge in [-0.05, 0) is 72.6 Å². The molecule has 456 valence electrons. The molecule has 2 saturated heterocycles. The quantitative estimate of drug-likeness (QED) is 0.0347. The number of ether oxygens (including phenoxy) is 5. The number of β-amino-alcohol motifs (C(OH)–C–C–N with tert-alkyl or cyclic N) is 2. The van der Waals surface area contributed by atoms with E-state index >= 15 is 0 Å². The molecular formula is C60H86N8O13S2. The van der Waals surface area contributed by atoms with Crippen LogP contribution in [0.3, 0.4) is 0 Å². The fourth-order valence-electron chi connectivity index (χ4n) is 9.65. The van der Waals surface area contributed by atoms with Gasteiger partial charge in [-0.15, -0.1) is 22.7 Å². The molecular weight excluding hydrogens is 1100 g/mol. The van der Waals surface area contributed by atoms with E-state index in [4.69, 9.17) is 23.7 Å². The second-order valence-electron chi connectivity index (χ2n) is 23.2. The third kappa shape index (κ3) is 20.8. The molecule has 0 aliphatic carbocycles. The summed E-state index contributed by atoms with van der Waals surface area (Å²) in [5.74, 6) is -2.59. The summed E-state index contributed by atoms with van der Waals surface area (Å²) in [5.41, 5.74) is 7.99. The van der Waals surface area contributed by atoms with Crippen molar-refractivity contribution in [1.29, 1.82) is 0 Å². The van der Waals surface area contributed by atoms with E-state index in [1.807, 2.05) is 115 Å². The van der Waals surface area contributed by atoms with Crippen LogP contribution in [0.5, 0.6) is 0 Å². The number of benzene rings is 2. The van der Waals surface area contributed by atoms with Gasteiger partial charge in [-0.25, -0.2) is 9.97 Å². The molecule has 2 aliphatic rings. The molecule has 23 heteroatoms. The smallest absolute Gasteiger partial charge is 0.246 e. The van der Waals surface area contributed by atoms with Gasteiger partial charge >= 0.3 is 0 Å². The van der Waals surface area contributed by atoms with Crippen LogP contribution in [-0.4, -0.2) is 181 Å². The van der Waals surface area contributed by atoms with E-state index in [1.165, 1.54) is 9.80 Å². The Morgan fingerprint density at radius 1 is 0.542 bits per heavy atom. The maximum Gasteiger partial charge on any atom is 0.246 e. The zero-order valence-electron chi connectivity index (χ0n) is 49.4. The minimum absolute atomic E-state index is 0.0191. The van der Waals surface area contributed by atoms with Crippen LogP contribution in [0.4, 0.5) is 0 Å². The molecule has 0 bridgehead atoms. The van der Waals surface area contributed by atoms with E-state index in [0.717, 1.165) is 56.2 Å². The van der Waals surface area contributed by atoms with Crippen molar-refractivity contribution in [2.75, 3.05) is 79.2 Å². The van der Waals surface area contributed by atoms with Crippen LogP contribution in [-0.2, 0) is 65.5 Å². The van der Waals surface area contributed by atoms with Gasteiger partial charge < -0.3 is 65.0 Å². The maximum absolute atomic E-state index is 14.0. The average Bonchev–Trinajstić information content (AvgIpc) is 4.42. The van der Waals surface area contributed by atoms with Gasteiger partial charge in [-0.3, -0.25) is 28.8 Å². The average molecular weight is 1190 g/mol. The first-order valence-corrected chi connectivity index (χ1v) is 30.3. The molecule has 2 aromatic heterocycles. The Hall–Kier alpha value is -5.76. The Bertz CT molecular complexity index is 2530. The van der Waals surface area contributed by atoms with Crippen molar-refractivity contribution in [1.82, 2.24) is 41.0 Å². The fraction of sp³-hybridized carbons (Fsp3) is 0.600. The molecule has 6 atom stereocenters. The van der Waals surface area contributed by atoms with Crippen molar-refractivity contribution in [3.05, 3.63) is 82.1 Å². The largest absolute Gasteiger partial charge is 0.391 e. The lowest BCUT2D eigenvalue weighted by molar-refractivity contribution is -0.144. The zero-order valence-corrected chi connectivity index (χ0v) is 51.0. The Morgan fingerprint density at radius 3 is 1.27 bits per heavy atom. The van der Waals surface area contributed by atoms with Crippen LogP contribution in [0, 0.1) is 24.7 Å². The van der Waals surface area contributed by atoms with Crippen molar-refractivity contribution >= 4 is 58.1 Å². The predicted molar refractivity (Wildman–Crippen MR) is 316 cm³/mol. The number of nitrogens with zero attached hydrogens (tertiary/aromatic N) is 4. The number of carbonyl (C=O) groups is 6. The number of aliphatic hydroxyl groups excluding tert-OH is 2. The molecule has 2 fully saturated rings. The number of unbranched alkanes of at least 4 members (excludes halogenated alkanes) is 1. The molecule has 6 amide bonds. The van der Waals surface area contributed by atoms with Gasteiger partial charge in [0.15, 0.2) is 0 Å². The Morgan fingerprint density at radius 2 is 0.892 bits per heavy atom. The molecule has 6 rings (SSSR count). The van der Waals surface area contributed by atoms with E-state index in [0.29, 0.717) is 45.9 Å². The van der Waals surface area contributed by atoms with Crippen molar-refractivity contribution in [3.8, 4) is 20.9 Å². The van der Waals surface area contributed by atoms with Gasteiger partial charge in [0.05, 0.1) is 57.6 Å². The highest BCUT2D eigenvalue weighted by Gasteiger charge is 2.46. The van der Waals surface area contributed by atoms with Crippen LogP contribution >= 0.6 is 22.7 Å². The summed E-state index contributed by atoms with van der Waals surface area (Å²) < 4.78 is 28.2. The minimum atomic E-state index is -0.972. The molecule has 4 aromatic rings. The molecule has 6 N–H and O–H groups in total. The number of rotatable bonds is 32. The lowest BCUT2D eigenvalue weighted by Gasteiger charge is -2.35. The molecule has 2 aliphatic heterocycles. The zero-order chi connectivity index (χ0) is 60.1. The van der Waals surface area contributed by atoms with Crippen molar-refractivity contribution in [3.63, 3.8) is 0 Å². The second kappa shape index (κ2) is 32.5. The minimum Gasteiger partial charge on any atom is -0.391 e. The third-order valence-electron chi connectivity index (χ3n) is 14.2. The summed E-state index contributed by atoms with van der Waals surface area (Å²) >= 11 is 3.13. The number of hydrogen-bond acceptors (Lipinski definition) is 17. The lowest BCUT2D eigenvalue weighted by Crippen LogP contribution is -2.58. The Balaban J connectivity index is 0.754. The number of carbonyl (C=O) groups excluding carboxylic acids is 6. The van der Waals surface area contributed by atoms with Crippen LogP contribution in [0.25, 0.3) is 20.9 Å². The van der Waals surface area contributed by atoms with E-state index in [1.54, 1.807) is 22.7 Å². The van der Waals surface area contributed by atoms with E-state index in [9.17, 15) is 39.0 Å². The number of amides is 6. The summed E-state index contributed by atoms with van der Waals surface area (Å²) in [4.78, 5) is 94.3. The molecule has 83 heavy (non-hydrogen) atoms. The number of aromatic nitrogens is 2. The summed E-state index contributed by atoms with van der Waals surface area (Å²) in [6.07, 6.45) is 1.30. The first kappa shape index (κ1) is 66.4. The van der Waals surface area contributed by atoms with Gasteiger partial charge in [0.2, 0.25) is 35.4 Å². The highest BCUT2D eigenvalue weighted by Crippen LogP contribution is 2.31. The molecule has 0 saturated carbocycles. The third-order valence-corrected chi connectivity index (χ3v) is 16.2. The van der Waals surface area contributed by atoms with Gasteiger partial charge in [0, 0.05) is 78.7 Å². The number of thiazole rings is 2. The van der Waals surface area contributed by atoms with Crippen LogP contribution in [0.15, 0.2) is 59.6 Å². The Labute approximate surface area is 495 Å². The number of likely N-dealkylation sites (tertiary alicyclic amines) is 2. The summed E-state index contributed by atoms with van der Waals surface area (Å²) in [7, 11) is 0. The van der Waals surface area contributed by atoms with E-state index in [2.05, 4.69) is 31.2 Å². The monoisotopic (exact) mass is 1190 g/mol. The molecule has 4 heterocycles. The Kier molecular flexibility index (Phi) is 26.0. The molecule has 0 radical (unpaired) electrons. The second-order valence-corrected chi connectivity index (χ2v) is 25.0.